The van der Waals surface area contributed by atoms with E-state index in [4.69, 9.17) is 9.84 Å². The first-order valence-corrected chi connectivity index (χ1v) is 6.61. The summed E-state index contributed by atoms with van der Waals surface area (Å²) < 4.78 is 6.64. The lowest BCUT2D eigenvalue weighted by Crippen LogP contribution is -2.34. The molecule has 1 saturated heterocycles. The number of carboxylic acid groups (broad SMARTS) is 1. The molecule has 3 rings (SSSR count). The van der Waals surface area contributed by atoms with Gasteiger partial charge in [-0.1, -0.05) is 0 Å². The summed E-state index contributed by atoms with van der Waals surface area (Å²) in [5, 5.41) is 13.1. The van der Waals surface area contributed by atoms with Crippen LogP contribution < -0.4 is 5.56 Å². The van der Waals surface area contributed by atoms with Crippen molar-refractivity contribution in [3.63, 3.8) is 0 Å². The van der Waals surface area contributed by atoms with Gasteiger partial charge in [0.1, 0.15) is 0 Å². The summed E-state index contributed by atoms with van der Waals surface area (Å²) in [6.07, 6.45) is 3.35. The average molecular weight is 264 g/mol. The highest BCUT2D eigenvalue weighted by atomic mass is 16.5. The van der Waals surface area contributed by atoms with Crippen molar-refractivity contribution in [2.24, 2.45) is 0 Å². The van der Waals surface area contributed by atoms with Crippen LogP contribution in [-0.2, 0) is 4.74 Å². The van der Waals surface area contributed by atoms with Gasteiger partial charge in [0.2, 0.25) is 0 Å². The summed E-state index contributed by atoms with van der Waals surface area (Å²) in [4.78, 5) is 23.5. The first-order chi connectivity index (χ1) is 9.16. The van der Waals surface area contributed by atoms with Gasteiger partial charge in [-0.25, -0.2) is 9.48 Å². The minimum Gasteiger partial charge on any atom is -0.476 e. The SMILES string of the molecule is O=C(O)c1cc(C2CC2)c(=O)n(C2CCOCC2)n1. The molecule has 1 aromatic heterocycles. The maximum Gasteiger partial charge on any atom is 0.356 e. The van der Waals surface area contributed by atoms with Gasteiger partial charge in [0.05, 0.1) is 6.04 Å². The van der Waals surface area contributed by atoms with Crippen LogP contribution in [0.2, 0.25) is 0 Å². The van der Waals surface area contributed by atoms with E-state index < -0.39 is 5.97 Å². The zero-order valence-corrected chi connectivity index (χ0v) is 10.5. The molecule has 2 heterocycles. The summed E-state index contributed by atoms with van der Waals surface area (Å²) in [7, 11) is 0. The predicted octanol–water partition coefficient (Wildman–Crippen LogP) is 1.17. The summed E-state index contributed by atoms with van der Waals surface area (Å²) in [6, 6.07) is 1.40. The van der Waals surface area contributed by atoms with E-state index in [0.717, 1.165) is 12.8 Å². The zero-order valence-electron chi connectivity index (χ0n) is 10.5. The number of aromatic carboxylic acids is 1. The number of aromatic nitrogens is 2. The highest BCUT2D eigenvalue weighted by molar-refractivity contribution is 5.85. The molecular weight excluding hydrogens is 248 g/mol. The molecule has 1 aliphatic carbocycles. The third-order valence-electron chi connectivity index (χ3n) is 3.74. The van der Waals surface area contributed by atoms with Gasteiger partial charge in [0.15, 0.2) is 5.69 Å². The average Bonchev–Trinajstić information content (AvgIpc) is 3.24. The van der Waals surface area contributed by atoms with Crippen molar-refractivity contribution in [1.82, 2.24) is 9.78 Å². The third-order valence-corrected chi connectivity index (χ3v) is 3.74. The van der Waals surface area contributed by atoms with E-state index in [1.165, 1.54) is 10.7 Å². The number of carboxylic acids is 1. The van der Waals surface area contributed by atoms with Gasteiger partial charge < -0.3 is 9.84 Å². The van der Waals surface area contributed by atoms with Gasteiger partial charge in [0.25, 0.3) is 5.56 Å². The van der Waals surface area contributed by atoms with Crippen LogP contribution >= 0.6 is 0 Å². The van der Waals surface area contributed by atoms with Crippen molar-refractivity contribution in [1.29, 1.82) is 0 Å². The number of nitrogens with zero attached hydrogens (tertiary/aromatic N) is 2. The van der Waals surface area contributed by atoms with Crippen molar-refractivity contribution in [3.05, 3.63) is 27.7 Å². The minimum atomic E-state index is -1.08. The highest BCUT2D eigenvalue weighted by Crippen LogP contribution is 2.38. The lowest BCUT2D eigenvalue weighted by Gasteiger charge is -2.23. The minimum absolute atomic E-state index is 0.0343. The molecule has 2 aliphatic rings. The van der Waals surface area contributed by atoms with Gasteiger partial charge in [0, 0.05) is 18.8 Å². The molecule has 0 radical (unpaired) electrons. The molecule has 1 aromatic rings. The second-order valence-electron chi connectivity index (χ2n) is 5.16. The second-order valence-corrected chi connectivity index (χ2v) is 5.16. The van der Waals surface area contributed by atoms with Crippen LogP contribution in [0.1, 0.15) is 53.7 Å². The molecule has 102 valence electrons. The molecule has 0 unspecified atom stereocenters. The largest absolute Gasteiger partial charge is 0.476 e. The fourth-order valence-electron chi connectivity index (χ4n) is 2.50. The Hall–Kier alpha value is -1.69. The van der Waals surface area contributed by atoms with E-state index in [1.54, 1.807) is 0 Å². The van der Waals surface area contributed by atoms with E-state index in [1.807, 2.05) is 0 Å². The normalized spacial score (nSPS) is 20.4. The number of hydrogen-bond acceptors (Lipinski definition) is 4. The first-order valence-electron chi connectivity index (χ1n) is 6.61. The Morgan fingerprint density at radius 2 is 2.00 bits per heavy atom. The molecule has 19 heavy (non-hydrogen) atoms. The van der Waals surface area contributed by atoms with Crippen molar-refractivity contribution in [2.45, 2.75) is 37.6 Å². The van der Waals surface area contributed by atoms with Gasteiger partial charge in [-0.15, -0.1) is 0 Å². The van der Waals surface area contributed by atoms with Gasteiger partial charge >= 0.3 is 5.97 Å². The van der Waals surface area contributed by atoms with E-state index in [2.05, 4.69) is 5.10 Å². The molecule has 6 heteroatoms. The van der Waals surface area contributed by atoms with Crippen LogP contribution in [0.4, 0.5) is 0 Å². The Bertz CT molecular complexity index is 556. The summed E-state index contributed by atoms with van der Waals surface area (Å²) in [5.41, 5.74) is 0.450. The van der Waals surface area contributed by atoms with Crippen molar-refractivity contribution < 1.29 is 14.6 Å². The fourth-order valence-corrected chi connectivity index (χ4v) is 2.50. The summed E-state index contributed by atoms with van der Waals surface area (Å²) in [6.45, 7) is 1.18. The lowest BCUT2D eigenvalue weighted by molar-refractivity contribution is 0.0623. The van der Waals surface area contributed by atoms with Crippen LogP contribution in [0, 0.1) is 0 Å². The highest BCUT2D eigenvalue weighted by Gasteiger charge is 2.30. The second kappa shape index (κ2) is 4.77. The maximum absolute atomic E-state index is 12.4. The van der Waals surface area contributed by atoms with Gasteiger partial charge in [-0.05, 0) is 37.7 Å². The zero-order chi connectivity index (χ0) is 13.4. The maximum atomic E-state index is 12.4. The molecule has 0 amide bonds. The molecule has 0 spiro atoms. The van der Waals surface area contributed by atoms with Crippen LogP contribution in [0.15, 0.2) is 10.9 Å². The molecular formula is C13H16N2O4. The van der Waals surface area contributed by atoms with Crippen molar-refractivity contribution in [3.8, 4) is 0 Å². The Balaban J connectivity index is 2.05. The quantitative estimate of drug-likeness (QED) is 0.886. The number of ether oxygens (including phenoxy) is 1. The Morgan fingerprint density at radius 3 is 2.58 bits per heavy atom. The Morgan fingerprint density at radius 1 is 1.32 bits per heavy atom. The molecule has 1 saturated carbocycles. The smallest absolute Gasteiger partial charge is 0.356 e. The van der Waals surface area contributed by atoms with Gasteiger partial charge in [-0.2, -0.15) is 5.10 Å². The van der Waals surface area contributed by atoms with Gasteiger partial charge in [-0.3, -0.25) is 4.79 Å². The Kier molecular flexibility index (Phi) is 3.10. The number of rotatable bonds is 3. The molecule has 1 N–H and O–H groups in total. The van der Waals surface area contributed by atoms with E-state index >= 15 is 0 Å². The van der Waals surface area contributed by atoms with Crippen LogP contribution in [0.3, 0.4) is 0 Å². The van der Waals surface area contributed by atoms with E-state index in [-0.39, 0.29) is 23.2 Å². The standard InChI is InChI=1S/C13H16N2O4/c16-12-10(8-1-2-8)7-11(13(17)18)14-15(12)9-3-5-19-6-4-9/h7-9H,1-6H2,(H,17,18). The monoisotopic (exact) mass is 264 g/mol. The van der Waals surface area contributed by atoms with Crippen LogP contribution in [0.25, 0.3) is 0 Å². The molecule has 0 bridgehead atoms. The lowest BCUT2D eigenvalue weighted by atomic mass is 10.1. The van der Waals surface area contributed by atoms with Crippen molar-refractivity contribution >= 4 is 5.97 Å². The molecule has 6 nitrogen and oxygen atoms in total. The third kappa shape index (κ3) is 2.40. The molecule has 0 atom stereocenters. The Labute approximate surface area is 110 Å². The summed E-state index contributed by atoms with van der Waals surface area (Å²) in [5.74, 6) is -0.859. The van der Waals surface area contributed by atoms with Crippen LogP contribution in [0.5, 0.6) is 0 Å². The van der Waals surface area contributed by atoms with Crippen molar-refractivity contribution in [2.75, 3.05) is 13.2 Å². The summed E-state index contributed by atoms with van der Waals surface area (Å²) >= 11 is 0. The molecule has 1 aliphatic heterocycles. The first kappa shape index (κ1) is 12.3. The molecule has 2 fully saturated rings. The van der Waals surface area contributed by atoms with Crippen LogP contribution in [-0.4, -0.2) is 34.1 Å². The predicted molar refractivity (Wildman–Crippen MR) is 66.5 cm³/mol. The van der Waals surface area contributed by atoms with E-state index in [0.29, 0.717) is 31.6 Å². The fraction of sp³-hybridized carbons (Fsp3) is 0.615. The number of hydrogen-bond donors (Lipinski definition) is 1. The van der Waals surface area contributed by atoms with E-state index in [9.17, 15) is 9.59 Å². The number of carbonyl (C=O) groups is 1. The molecule has 0 aromatic carbocycles. The topological polar surface area (TPSA) is 81.4 Å².